The van der Waals surface area contributed by atoms with E-state index < -0.39 is 17.8 Å². The highest BCUT2D eigenvalue weighted by molar-refractivity contribution is 6.11. The highest BCUT2D eigenvalue weighted by Gasteiger charge is 2.44. The summed E-state index contributed by atoms with van der Waals surface area (Å²) in [6.07, 6.45) is 0. The van der Waals surface area contributed by atoms with Crippen molar-refractivity contribution in [1.82, 2.24) is 0 Å². The van der Waals surface area contributed by atoms with Crippen LogP contribution in [0.1, 0.15) is 25.3 Å². The third kappa shape index (κ3) is 1.84. The Hall–Kier alpha value is -2.60. The fourth-order valence-electron chi connectivity index (χ4n) is 3.00. The van der Waals surface area contributed by atoms with Crippen molar-refractivity contribution in [2.75, 3.05) is 12.2 Å². The average molecular weight is 301 g/mol. The van der Waals surface area contributed by atoms with Crippen LogP contribution in [-0.2, 0) is 19.1 Å². The van der Waals surface area contributed by atoms with E-state index in [-0.39, 0.29) is 11.1 Å². The summed E-state index contributed by atoms with van der Waals surface area (Å²) in [6.45, 7) is 3.30. The molecule has 1 amide bonds. The van der Waals surface area contributed by atoms with E-state index in [9.17, 15) is 14.8 Å². The van der Waals surface area contributed by atoms with Crippen LogP contribution < -0.4 is 5.06 Å². The lowest BCUT2D eigenvalue weighted by Gasteiger charge is -2.36. The monoisotopic (exact) mass is 301 g/mol. The molecule has 0 spiro atoms. The van der Waals surface area contributed by atoms with Crippen molar-refractivity contribution in [2.24, 2.45) is 0 Å². The number of amides is 1. The Morgan fingerprint density at radius 3 is 2.64 bits per heavy atom. The average Bonchev–Trinajstić information content (AvgIpc) is 2.51. The number of esters is 1. The SMILES string of the molecule is COC(=O)C1=C(C)OC(C)=C2C(=O)N(O)c3ccccc3C12. The molecular formula is C16H15NO5. The normalized spacial score (nSPS) is 20.5. The summed E-state index contributed by atoms with van der Waals surface area (Å²) in [5.74, 6) is -0.995. The molecule has 1 unspecified atom stereocenters. The van der Waals surface area contributed by atoms with Crippen LogP contribution in [0.25, 0.3) is 0 Å². The second-order valence-electron chi connectivity index (χ2n) is 5.14. The van der Waals surface area contributed by atoms with Gasteiger partial charge in [0.15, 0.2) is 0 Å². The van der Waals surface area contributed by atoms with Gasteiger partial charge in [0, 0.05) is 0 Å². The molecule has 2 aliphatic rings. The highest BCUT2D eigenvalue weighted by atomic mass is 16.5. The molecule has 0 saturated heterocycles. The Kier molecular flexibility index (Phi) is 3.26. The number of methoxy groups -OCH3 is 1. The molecule has 6 heteroatoms. The van der Waals surface area contributed by atoms with Gasteiger partial charge in [0.05, 0.1) is 29.9 Å². The second-order valence-corrected chi connectivity index (χ2v) is 5.14. The number of hydrogen-bond donors (Lipinski definition) is 1. The minimum Gasteiger partial charge on any atom is -0.466 e. The quantitative estimate of drug-likeness (QED) is 0.636. The number of fused-ring (bicyclic) bond motifs is 3. The lowest BCUT2D eigenvalue weighted by atomic mass is 9.78. The number of benzene rings is 1. The van der Waals surface area contributed by atoms with Gasteiger partial charge in [-0.3, -0.25) is 10.0 Å². The number of hydrogen-bond acceptors (Lipinski definition) is 5. The number of nitrogens with zero attached hydrogens (tertiary/aromatic N) is 1. The molecule has 0 bridgehead atoms. The van der Waals surface area contributed by atoms with Gasteiger partial charge < -0.3 is 9.47 Å². The van der Waals surface area contributed by atoms with Gasteiger partial charge in [0.1, 0.15) is 11.5 Å². The van der Waals surface area contributed by atoms with Gasteiger partial charge in [0.25, 0.3) is 5.91 Å². The van der Waals surface area contributed by atoms with Gasteiger partial charge >= 0.3 is 5.97 Å². The maximum Gasteiger partial charge on any atom is 0.338 e. The molecule has 1 aromatic carbocycles. The first kappa shape index (κ1) is 14.3. The van der Waals surface area contributed by atoms with Crippen molar-refractivity contribution in [3.8, 4) is 0 Å². The molecule has 1 atom stereocenters. The Labute approximate surface area is 127 Å². The van der Waals surface area contributed by atoms with E-state index in [0.29, 0.717) is 27.8 Å². The van der Waals surface area contributed by atoms with Crippen LogP contribution in [0.2, 0.25) is 0 Å². The van der Waals surface area contributed by atoms with Crippen molar-refractivity contribution in [2.45, 2.75) is 19.8 Å². The third-order valence-electron chi connectivity index (χ3n) is 3.95. The lowest BCUT2D eigenvalue weighted by molar-refractivity contribution is -0.136. The van der Waals surface area contributed by atoms with Crippen LogP contribution in [0.5, 0.6) is 0 Å². The Bertz CT molecular complexity index is 747. The zero-order chi connectivity index (χ0) is 16.0. The Morgan fingerprint density at radius 1 is 1.27 bits per heavy atom. The van der Waals surface area contributed by atoms with E-state index in [1.807, 2.05) is 0 Å². The highest BCUT2D eigenvalue weighted by Crippen LogP contribution is 2.47. The molecular weight excluding hydrogens is 286 g/mol. The number of carbonyl (C=O) groups is 2. The van der Waals surface area contributed by atoms with Crippen molar-refractivity contribution in [1.29, 1.82) is 0 Å². The Balaban J connectivity index is 2.30. The van der Waals surface area contributed by atoms with E-state index in [1.165, 1.54) is 7.11 Å². The van der Waals surface area contributed by atoms with Gasteiger partial charge in [-0.2, -0.15) is 5.06 Å². The molecule has 1 N–H and O–H groups in total. The van der Waals surface area contributed by atoms with Crippen LogP contribution >= 0.6 is 0 Å². The first-order valence-corrected chi connectivity index (χ1v) is 6.77. The summed E-state index contributed by atoms with van der Waals surface area (Å²) >= 11 is 0. The van der Waals surface area contributed by atoms with Gasteiger partial charge in [-0.15, -0.1) is 0 Å². The van der Waals surface area contributed by atoms with Gasteiger partial charge in [-0.05, 0) is 25.5 Å². The number of allylic oxidation sites excluding steroid dienone is 2. The summed E-state index contributed by atoms with van der Waals surface area (Å²) in [5.41, 5.74) is 1.52. The zero-order valence-electron chi connectivity index (χ0n) is 12.4. The number of carbonyl (C=O) groups excluding carboxylic acids is 2. The maximum atomic E-state index is 12.5. The van der Waals surface area contributed by atoms with Gasteiger partial charge in [0.2, 0.25) is 0 Å². The maximum absolute atomic E-state index is 12.5. The largest absolute Gasteiger partial charge is 0.466 e. The standard InChI is InChI=1S/C16H15NO5/c1-8-12-14(13(9(2)22-8)16(19)21-3)10-6-4-5-7-11(10)17(20)15(12)18/h4-7,14,20H,1-3H3. The molecule has 0 fully saturated rings. The summed E-state index contributed by atoms with van der Waals surface area (Å²) in [6, 6.07) is 6.89. The lowest BCUT2D eigenvalue weighted by Crippen LogP contribution is -2.39. The van der Waals surface area contributed by atoms with Crippen molar-refractivity contribution in [3.05, 3.63) is 52.5 Å². The molecule has 0 aliphatic carbocycles. The van der Waals surface area contributed by atoms with Crippen molar-refractivity contribution >= 4 is 17.6 Å². The van der Waals surface area contributed by atoms with Crippen molar-refractivity contribution in [3.63, 3.8) is 0 Å². The predicted octanol–water partition coefficient (Wildman–Crippen LogP) is 2.26. The number of hydroxylamine groups is 1. The van der Waals surface area contributed by atoms with Crippen molar-refractivity contribution < 1.29 is 24.3 Å². The summed E-state index contributed by atoms with van der Waals surface area (Å²) in [4.78, 5) is 24.6. The first-order chi connectivity index (χ1) is 10.5. The van der Waals surface area contributed by atoms with Crippen LogP contribution in [-0.4, -0.2) is 24.2 Å². The smallest absolute Gasteiger partial charge is 0.338 e. The number of para-hydroxylation sites is 1. The molecule has 0 radical (unpaired) electrons. The first-order valence-electron chi connectivity index (χ1n) is 6.77. The van der Waals surface area contributed by atoms with Gasteiger partial charge in [-0.1, -0.05) is 18.2 Å². The fourth-order valence-corrected chi connectivity index (χ4v) is 3.00. The van der Waals surface area contributed by atoms with Crippen LogP contribution in [0.15, 0.2) is 46.9 Å². The second kappa shape index (κ2) is 4.99. The van der Waals surface area contributed by atoms with Gasteiger partial charge in [-0.25, -0.2) is 4.79 Å². The van der Waals surface area contributed by atoms with E-state index in [2.05, 4.69) is 0 Å². The molecule has 1 aromatic rings. The summed E-state index contributed by atoms with van der Waals surface area (Å²) < 4.78 is 10.4. The van der Waals surface area contributed by atoms with E-state index in [1.54, 1.807) is 38.1 Å². The molecule has 2 heterocycles. The fraction of sp³-hybridized carbons (Fsp3) is 0.250. The van der Waals surface area contributed by atoms with Crippen LogP contribution in [0.4, 0.5) is 5.69 Å². The summed E-state index contributed by atoms with van der Waals surface area (Å²) in [5, 5.41) is 10.7. The molecule has 0 aromatic heterocycles. The van der Waals surface area contributed by atoms with E-state index >= 15 is 0 Å². The zero-order valence-corrected chi connectivity index (χ0v) is 12.4. The molecule has 22 heavy (non-hydrogen) atoms. The number of rotatable bonds is 1. The Morgan fingerprint density at radius 2 is 1.95 bits per heavy atom. The minimum absolute atomic E-state index is 0.243. The predicted molar refractivity (Wildman–Crippen MR) is 77.0 cm³/mol. The van der Waals surface area contributed by atoms with Crippen LogP contribution in [0.3, 0.4) is 0 Å². The molecule has 0 saturated carbocycles. The summed E-state index contributed by atoms with van der Waals surface area (Å²) in [7, 11) is 1.28. The molecule has 6 nitrogen and oxygen atoms in total. The molecule has 3 rings (SSSR count). The topological polar surface area (TPSA) is 76.1 Å². The number of ether oxygens (including phenoxy) is 2. The minimum atomic E-state index is -0.603. The molecule has 114 valence electrons. The van der Waals surface area contributed by atoms with E-state index in [0.717, 1.165) is 0 Å². The van der Waals surface area contributed by atoms with E-state index in [4.69, 9.17) is 9.47 Å². The third-order valence-corrected chi connectivity index (χ3v) is 3.95. The van der Waals surface area contributed by atoms with Crippen LogP contribution in [0, 0.1) is 0 Å². The molecule has 2 aliphatic heterocycles. The number of anilines is 1.